The molecule has 0 saturated heterocycles. The Balaban J connectivity index is 2.54. The quantitative estimate of drug-likeness (QED) is 0.370. The molecule has 0 unspecified atom stereocenters. The van der Waals surface area contributed by atoms with Crippen LogP contribution in [-0.4, -0.2) is 6.54 Å². The van der Waals surface area contributed by atoms with Crippen molar-refractivity contribution < 1.29 is 0 Å². The predicted molar refractivity (Wildman–Crippen MR) is 24.9 cm³/mol. The molecule has 0 spiro atoms. The smallest absolute Gasteiger partial charge is 0.0651 e. The first-order valence-corrected chi connectivity index (χ1v) is 2.22. The third kappa shape index (κ3) is 3.42. The largest absolute Gasteiger partial charge is 0.305 e. The highest BCUT2D eigenvalue weighted by Crippen LogP contribution is 1.83. The molecule has 0 aromatic heterocycles. The van der Waals surface area contributed by atoms with Crippen molar-refractivity contribution in [2.24, 2.45) is 0 Å². The van der Waals surface area contributed by atoms with Gasteiger partial charge in [0.2, 0.25) is 5.39 Å². The van der Waals surface area contributed by atoms with Gasteiger partial charge in [-0.05, 0) is 6.42 Å². The van der Waals surface area contributed by atoms with Crippen LogP contribution in [0.3, 0.4) is 0 Å². The number of diazo groups is 1. The summed E-state index contributed by atoms with van der Waals surface area (Å²) in [5.74, 6) is 0. The van der Waals surface area contributed by atoms with Gasteiger partial charge < -0.3 is 0 Å². The number of nitrogens with zero attached hydrogens (tertiary/aromatic N) is 2. The van der Waals surface area contributed by atoms with Crippen LogP contribution in [0.4, 0.5) is 0 Å². The first-order chi connectivity index (χ1) is 2.91. The molecule has 2 nitrogen and oxygen atoms in total. The maximum atomic E-state index is 7.82. The number of hydrogen-bond donors (Lipinski definition) is 0. The van der Waals surface area contributed by atoms with Gasteiger partial charge >= 0.3 is 6.54 Å². The lowest BCUT2D eigenvalue weighted by molar-refractivity contribution is 0.851. The van der Waals surface area contributed by atoms with Crippen molar-refractivity contribution in [3.8, 4) is 0 Å². The molecule has 2 heteroatoms. The van der Waals surface area contributed by atoms with Crippen molar-refractivity contribution >= 4 is 0 Å². The Morgan fingerprint density at radius 1 is 1.67 bits per heavy atom. The lowest BCUT2D eigenvalue weighted by atomic mass is 10.3. The van der Waals surface area contributed by atoms with Gasteiger partial charge in [-0.15, -0.1) is 0 Å². The van der Waals surface area contributed by atoms with E-state index in [4.69, 9.17) is 5.39 Å². The third-order valence-corrected chi connectivity index (χ3v) is 0.612. The molecule has 0 radical (unpaired) electrons. The standard InChI is InChI=1S/C4H9N2/c1-2-3-4-6-5/h2-4H2,1H3/q+1. The van der Waals surface area contributed by atoms with Crippen LogP contribution in [0, 0.1) is 5.39 Å². The van der Waals surface area contributed by atoms with Crippen LogP contribution in [0.5, 0.6) is 0 Å². The molecule has 6 heavy (non-hydrogen) atoms. The van der Waals surface area contributed by atoms with E-state index >= 15 is 0 Å². The molecule has 0 aromatic carbocycles. The van der Waals surface area contributed by atoms with Crippen molar-refractivity contribution in [2.75, 3.05) is 6.54 Å². The lowest BCUT2D eigenvalue weighted by Crippen LogP contribution is -1.70. The molecule has 0 aliphatic heterocycles. The van der Waals surface area contributed by atoms with Gasteiger partial charge in [-0.25, -0.2) is 0 Å². The highest BCUT2D eigenvalue weighted by molar-refractivity contribution is 4.50. The van der Waals surface area contributed by atoms with Gasteiger partial charge in [0.15, 0.2) is 0 Å². The van der Waals surface area contributed by atoms with Crippen LogP contribution in [0.1, 0.15) is 19.8 Å². The Hall–Kier alpha value is -0.580. The molecular weight excluding hydrogens is 76.1 g/mol. The van der Waals surface area contributed by atoms with E-state index in [0.29, 0.717) is 6.54 Å². The maximum Gasteiger partial charge on any atom is 0.305 e. The van der Waals surface area contributed by atoms with E-state index in [1.54, 1.807) is 0 Å². The van der Waals surface area contributed by atoms with E-state index < -0.39 is 0 Å². The number of hydrogen-bond acceptors (Lipinski definition) is 1. The molecule has 0 aliphatic carbocycles. The summed E-state index contributed by atoms with van der Waals surface area (Å²) in [6.07, 6.45) is 2.10. The fourth-order valence-electron chi connectivity index (χ4n) is 0.229. The highest BCUT2D eigenvalue weighted by Gasteiger charge is 1.86. The molecule has 0 amide bonds. The maximum absolute atomic E-state index is 7.82. The third-order valence-electron chi connectivity index (χ3n) is 0.612. The Kier molecular flexibility index (Phi) is 3.99. The molecule has 0 aromatic rings. The first-order valence-electron chi connectivity index (χ1n) is 2.22. The van der Waals surface area contributed by atoms with Crippen LogP contribution >= 0.6 is 0 Å². The lowest BCUT2D eigenvalue weighted by Gasteiger charge is -1.68. The molecule has 34 valence electrons. The van der Waals surface area contributed by atoms with Crippen molar-refractivity contribution in [3.05, 3.63) is 4.98 Å². The van der Waals surface area contributed by atoms with Crippen LogP contribution < -0.4 is 0 Å². The van der Waals surface area contributed by atoms with Gasteiger partial charge in [0.1, 0.15) is 4.98 Å². The van der Waals surface area contributed by atoms with Crippen molar-refractivity contribution in [1.29, 1.82) is 5.39 Å². The normalized spacial score (nSPS) is 7.33. The zero-order valence-electron chi connectivity index (χ0n) is 4.02. The summed E-state index contributed by atoms with van der Waals surface area (Å²) < 4.78 is 0. The van der Waals surface area contributed by atoms with E-state index in [1.165, 1.54) is 0 Å². The summed E-state index contributed by atoms with van der Waals surface area (Å²) in [6, 6.07) is 0. The molecule has 0 rings (SSSR count). The van der Waals surface area contributed by atoms with Gasteiger partial charge in [-0.1, -0.05) is 6.92 Å². The van der Waals surface area contributed by atoms with E-state index in [0.717, 1.165) is 12.8 Å². The topological polar surface area (TPSA) is 28.1 Å². The van der Waals surface area contributed by atoms with Crippen LogP contribution in [-0.2, 0) is 0 Å². The Labute approximate surface area is 37.8 Å². The average Bonchev–Trinajstić information content (AvgIpc) is 1.61. The Bertz CT molecular complexity index is 53.1. The zero-order chi connectivity index (χ0) is 4.83. The van der Waals surface area contributed by atoms with Crippen molar-refractivity contribution in [3.63, 3.8) is 0 Å². The Morgan fingerprint density at radius 2 is 2.33 bits per heavy atom. The average molecular weight is 85.1 g/mol. The van der Waals surface area contributed by atoms with Gasteiger partial charge in [-0.2, -0.15) is 0 Å². The molecule has 0 fully saturated rings. The van der Waals surface area contributed by atoms with E-state index in [-0.39, 0.29) is 0 Å². The minimum Gasteiger partial charge on any atom is -0.0651 e. The van der Waals surface area contributed by atoms with Crippen LogP contribution in [0.15, 0.2) is 0 Å². The minimum atomic E-state index is 0.594. The molecule has 0 bridgehead atoms. The number of unbranched alkanes of at least 4 members (excludes halogenated alkanes) is 1. The van der Waals surface area contributed by atoms with Crippen LogP contribution in [0.2, 0.25) is 0 Å². The summed E-state index contributed by atoms with van der Waals surface area (Å²) >= 11 is 0. The van der Waals surface area contributed by atoms with Gasteiger partial charge in [0.25, 0.3) is 0 Å². The highest BCUT2D eigenvalue weighted by atomic mass is 14.8. The van der Waals surface area contributed by atoms with E-state index in [9.17, 15) is 0 Å². The summed E-state index contributed by atoms with van der Waals surface area (Å²) in [6.45, 7) is 2.65. The SMILES string of the molecule is CCCC[N+]#N. The minimum absolute atomic E-state index is 0.594. The molecular formula is C4H9N2+. The summed E-state index contributed by atoms with van der Waals surface area (Å²) in [5.41, 5.74) is 0. The Morgan fingerprint density at radius 3 is 2.50 bits per heavy atom. The van der Waals surface area contributed by atoms with Gasteiger partial charge in [0, 0.05) is 6.42 Å². The van der Waals surface area contributed by atoms with E-state index in [2.05, 4.69) is 11.9 Å². The number of rotatable bonds is 2. The monoisotopic (exact) mass is 85.1 g/mol. The van der Waals surface area contributed by atoms with Crippen LogP contribution in [0.25, 0.3) is 4.98 Å². The second-order valence-electron chi connectivity index (χ2n) is 1.22. The van der Waals surface area contributed by atoms with Gasteiger partial charge in [0.05, 0.1) is 0 Å². The molecule has 0 atom stereocenters. The van der Waals surface area contributed by atoms with E-state index in [1.807, 2.05) is 0 Å². The second kappa shape index (κ2) is 4.42. The summed E-state index contributed by atoms with van der Waals surface area (Å²) in [5, 5.41) is 7.82. The second-order valence-corrected chi connectivity index (χ2v) is 1.22. The van der Waals surface area contributed by atoms with Crippen molar-refractivity contribution in [2.45, 2.75) is 19.8 Å². The predicted octanol–water partition coefficient (Wildman–Crippen LogP) is 1.64. The molecule has 0 heterocycles. The molecule has 0 saturated carbocycles. The summed E-state index contributed by atoms with van der Waals surface area (Å²) in [4.78, 5) is 2.93. The van der Waals surface area contributed by atoms with Crippen molar-refractivity contribution in [1.82, 2.24) is 0 Å². The molecule has 0 aliphatic rings. The molecule has 0 N–H and O–H groups in total. The fourth-order valence-corrected chi connectivity index (χ4v) is 0.229. The summed E-state index contributed by atoms with van der Waals surface area (Å²) in [7, 11) is 0. The fraction of sp³-hybridized carbons (Fsp3) is 1.00. The van der Waals surface area contributed by atoms with Gasteiger partial charge in [-0.3, -0.25) is 0 Å². The first kappa shape index (κ1) is 5.42. The zero-order valence-corrected chi connectivity index (χ0v) is 4.02.